The highest BCUT2D eigenvalue weighted by Crippen LogP contribution is 2.40. The van der Waals surface area contributed by atoms with Crippen molar-refractivity contribution in [2.24, 2.45) is 0 Å². The second kappa shape index (κ2) is 6.04. The zero-order chi connectivity index (χ0) is 18.3. The first-order valence-corrected chi connectivity index (χ1v) is 7.98. The Kier molecular flexibility index (Phi) is 3.69. The number of hydrogen-bond donors (Lipinski definition) is 3. The fourth-order valence-corrected chi connectivity index (χ4v) is 2.89. The molecule has 0 bridgehead atoms. The minimum atomic E-state index is -0.528. The Hall–Kier alpha value is -3.60. The third-order valence-electron chi connectivity index (χ3n) is 4.29. The minimum absolute atomic E-state index is 0.369. The first-order chi connectivity index (χ1) is 12.5. The number of fused-ring (bicyclic) bond motifs is 1. The normalized spacial score (nSPS) is 11.0. The van der Waals surface area contributed by atoms with Gasteiger partial charge >= 0.3 is 0 Å². The number of ether oxygens (including phenoxy) is 1. The number of phenolic OH excluding ortho intramolecular Hbond substituents is 3. The monoisotopic (exact) mass is 348 g/mol. The quantitative estimate of drug-likeness (QED) is 0.459. The summed E-state index contributed by atoms with van der Waals surface area (Å²) in [6.45, 7) is 0. The largest absolute Gasteiger partial charge is 0.504 e. The summed E-state index contributed by atoms with van der Waals surface area (Å²) in [4.78, 5) is 0. The van der Waals surface area contributed by atoms with Crippen molar-refractivity contribution in [3.8, 4) is 45.4 Å². The summed E-state index contributed by atoms with van der Waals surface area (Å²) in [5.41, 5.74) is 3.03. The molecule has 0 unspecified atom stereocenters. The van der Waals surface area contributed by atoms with Crippen molar-refractivity contribution in [1.82, 2.24) is 0 Å². The molecular formula is C21H16O5. The molecule has 0 spiro atoms. The van der Waals surface area contributed by atoms with Crippen molar-refractivity contribution in [3.05, 3.63) is 60.7 Å². The van der Waals surface area contributed by atoms with Gasteiger partial charge in [-0.3, -0.25) is 0 Å². The van der Waals surface area contributed by atoms with Crippen LogP contribution in [0.1, 0.15) is 0 Å². The van der Waals surface area contributed by atoms with Crippen LogP contribution in [0, 0.1) is 0 Å². The van der Waals surface area contributed by atoms with Crippen molar-refractivity contribution in [3.63, 3.8) is 0 Å². The van der Waals surface area contributed by atoms with Gasteiger partial charge in [0.2, 0.25) is 0 Å². The van der Waals surface area contributed by atoms with Gasteiger partial charge in [-0.05, 0) is 65.7 Å². The zero-order valence-electron chi connectivity index (χ0n) is 13.9. The standard InChI is InChI=1S/C21H16O5/c1-25-16-5-2-12(3-6-16)20-11-15-8-13(4-7-19(15)26-20)14-9-17(22)21(24)18(23)10-14/h2-11,22-24H,1H3. The van der Waals surface area contributed by atoms with Crippen LogP contribution in [0.2, 0.25) is 0 Å². The highest BCUT2D eigenvalue weighted by atomic mass is 16.5. The van der Waals surface area contributed by atoms with Gasteiger partial charge in [0.15, 0.2) is 17.2 Å². The highest BCUT2D eigenvalue weighted by Gasteiger charge is 2.12. The first kappa shape index (κ1) is 15.9. The van der Waals surface area contributed by atoms with E-state index in [1.54, 1.807) is 7.11 Å². The predicted octanol–water partition coefficient (Wildman–Crippen LogP) is 4.89. The van der Waals surface area contributed by atoms with Crippen LogP contribution in [0.3, 0.4) is 0 Å². The first-order valence-electron chi connectivity index (χ1n) is 7.98. The van der Waals surface area contributed by atoms with Gasteiger partial charge in [-0.15, -0.1) is 0 Å². The maximum atomic E-state index is 9.71. The smallest absolute Gasteiger partial charge is 0.200 e. The molecule has 1 aromatic heterocycles. The fraction of sp³-hybridized carbons (Fsp3) is 0.0476. The van der Waals surface area contributed by atoms with Crippen LogP contribution in [-0.2, 0) is 0 Å². The van der Waals surface area contributed by atoms with Gasteiger partial charge in [-0.2, -0.15) is 0 Å². The molecule has 0 fully saturated rings. The Bertz CT molecular complexity index is 1070. The SMILES string of the molecule is COc1ccc(-c2cc3cc(-c4cc(O)c(O)c(O)c4)ccc3o2)cc1. The van der Waals surface area contributed by atoms with Crippen LogP contribution in [-0.4, -0.2) is 22.4 Å². The highest BCUT2D eigenvalue weighted by molar-refractivity contribution is 5.87. The third kappa shape index (κ3) is 2.69. The van der Waals surface area contributed by atoms with Gasteiger partial charge in [0.25, 0.3) is 0 Å². The molecule has 0 amide bonds. The van der Waals surface area contributed by atoms with Crippen LogP contribution in [0.5, 0.6) is 23.0 Å². The van der Waals surface area contributed by atoms with Gasteiger partial charge < -0.3 is 24.5 Å². The van der Waals surface area contributed by atoms with Crippen molar-refractivity contribution in [2.75, 3.05) is 7.11 Å². The van der Waals surface area contributed by atoms with Crippen LogP contribution >= 0.6 is 0 Å². The van der Waals surface area contributed by atoms with E-state index in [4.69, 9.17) is 9.15 Å². The number of benzene rings is 3. The summed E-state index contributed by atoms with van der Waals surface area (Å²) >= 11 is 0. The molecule has 4 aromatic rings. The minimum Gasteiger partial charge on any atom is -0.504 e. The second-order valence-corrected chi connectivity index (χ2v) is 5.95. The van der Waals surface area contributed by atoms with E-state index >= 15 is 0 Å². The lowest BCUT2D eigenvalue weighted by atomic mass is 10.0. The van der Waals surface area contributed by atoms with Crippen LogP contribution < -0.4 is 4.74 Å². The average molecular weight is 348 g/mol. The van der Waals surface area contributed by atoms with Gasteiger partial charge in [-0.1, -0.05) is 6.07 Å². The maximum absolute atomic E-state index is 9.71. The topological polar surface area (TPSA) is 83.1 Å². The summed E-state index contributed by atoms with van der Waals surface area (Å²) in [5.74, 6) is 0.243. The van der Waals surface area contributed by atoms with E-state index < -0.39 is 5.75 Å². The molecule has 0 atom stereocenters. The summed E-state index contributed by atoms with van der Waals surface area (Å²) in [7, 11) is 1.62. The molecule has 0 radical (unpaired) electrons. The number of phenols is 3. The maximum Gasteiger partial charge on any atom is 0.200 e. The number of furan rings is 1. The van der Waals surface area contributed by atoms with E-state index in [0.29, 0.717) is 5.56 Å². The van der Waals surface area contributed by atoms with Gasteiger partial charge in [0.05, 0.1) is 7.11 Å². The lowest BCUT2D eigenvalue weighted by molar-refractivity contribution is 0.368. The Labute approximate surface area is 149 Å². The Morgan fingerprint density at radius 2 is 1.38 bits per heavy atom. The Morgan fingerprint density at radius 1 is 0.731 bits per heavy atom. The number of aromatic hydroxyl groups is 3. The van der Waals surface area contributed by atoms with E-state index in [1.807, 2.05) is 48.5 Å². The van der Waals surface area contributed by atoms with Gasteiger partial charge in [-0.25, -0.2) is 0 Å². The van der Waals surface area contributed by atoms with Crippen LogP contribution in [0.25, 0.3) is 33.4 Å². The lowest BCUT2D eigenvalue weighted by Crippen LogP contribution is -1.81. The summed E-state index contributed by atoms with van der Waals surface area (Å²) < 4.78 is 11.1. The van der Waals surface area contributed by atoms with E-state index in [-0.39, 0.29) is 11.5 Å². The molecule has 1 heterocycles. The van der Waals surface area contributed by atoms with Crippen molar-refractivity contribution >= 4 is 11.0 Å². The molecular weight excluding hydrogens is 332 g/mol. The van der Waals surface area contributed by atoms with Crippen molar-refractivity contribution in [2.45, 2.75) is 0 Å². The predicted molar refractivity (Wildman–Crippen MR) is 98.6 cm³/mol. The summed E-state index contributed by atoms with van der Waals surface area (Å²) in [6.07, 6.45) is 0. The zero-order valence-corrected chi connectivity index (χ0v) is 13.9. The van der Waals surface area contributed by atoms with E-state index in [2.05, 4.69) is 0 Å². The van der Waals surface area contributed by atoms with Gasteiger partial charge in [0.1, 0.15) is 17.1 Å². The van der Waals surface area contributed by atoms with E-state index in [1.165, 1.54) is 12.1 Å². The molecule has 0 saturated carbocycles. The number of hydrogen-bond acceptors (Lipinski definition) is 5. The summed E-state index contributed by atoms with van der Waals surface area (Å²) in [5, 5.41) is 29.8. The Balaban J connectivity index is 1.76. The molecule has 130 valence electrons. The molecule has 5 nitrogen and oxygen atoms in total. The Morgan fingerprint density at radius 3 is 2.04 bits per heavy atom. The second-order valence-electron chi connectivity index (χ2n) is 5.95. The fourth-order valence-electron chi connectivity index (χ4n) is 2.89. The third-order valence-corrected chi connectivity index (χ3v) is 4.29. The molecule has 0 saturated heterocycles. The van der Waals surface area contributed by atoms with Crippen molar-refractivity contribution in [1.29, 1.82) is 0 Å². The molecule has 0 aliphatic heterocycles. The summed E-state index contributed by atoms with van der Waals surface area (Å²) in [6, 6.07) is 17.9. The van der Waals surface area contributed by atoms with Crippen molar-refractivity contribution < 1.29 is 24.5 Å². The molecule has 5 heteroatoms. The van der Waals surface area contributed by atoms with Gasteiger partial charge in [0, 0.05) is 10.9 Å². The number of rotatable bonds is 3. The average Bonchev–Trinajstić information content (AvgIpc) is 3.09. The number of methoxy groups -OCH3 is 1. The molecule has 26 heavy (non-hydrogen) atoms. The van der Waals surface area contributed by atoms with E-state index in [0.717, 1.165) is 33.6 Å². The molecule has 0 aliphatic rings. The van der Waals surface area contributed by atoms with Crippen LogP contribution in [0.15, 0.2) is 65.1 Å². The molecule has 4 rings (SSSR count). The molecule has 0 aliphatic carbocycles. The molecule has 3 aromatic carbocycles. The molecule has 3 N–H and O–H groups in total. The van der Waals surface area contributed by atoms with Crippen LogP contribution in [0.4, 0.5) is 0 Å². The van der Waals surface area contributed by atoms with E-state index in [9.17, 15) is 15.3 Å². The lowest BCUT2D eigenvalue weighted by Gasteiger charge is -2.06.